The normalized spacial score (nSPS) is 10.1. The molecule has 0 bridgehead atoms. The monoisotopic (exact) mass is 338 g/mol. The Bertz CT molecular complexity index is 674. The van der Waals surface area contributed by atoms with E-state index in [1.165, 1.54) is 18.2 Å². The largest absolute Gasteiger partial charge is 0.478 e. The zero-order chi connectivity index (χ0) is 14.7. The molecule has 0 saturated heterocycles. The first-order valence-corrected chi connectivity index (χ1v) is 6.22. The van der Waals surface area contributed by atoms with Crippen molar-refractivity contribution in [3.63, 3.8) is 0 Å². The number of aromatic nitrogens is 1. The van der Waals surface area contributed by atoms with Gasteiger partial charge in [0.15, 0.2) is 0 Å². The van der Waals surface area contributed by atoms with Gasteiger partial charge < -0.3 is 10.4 Å². The zero-order valence-corrected chi connectivity index (χ0v) is 11.5. The topological polar surface area (TPSA) is 79.3 Å². The van der Waals surface area contributed by atoms with Crippen molar-refractivity contribution < 1.29 is 19.1 Å². The summed E-state index contributed by atoms with van der Waals surface area (Å²) in [5, 5.41) is 11.5. The zero-order valence-electron chi connectivity index (χ0n) is 9.93. The number of carbonyl (C=O) groups is 2. The molecular weight excluding hydrogens is 331 g/mol. The van der Waals surface area contributed by atoms with E-state index in [0.717, 1.165) is 12.3 Å². The first kappa shape index (κ1) is 14.1. The Balaban J connectivity index is 2.29. The molecular formula is C13H8BrFN2O3. The van der Waals surface area contributed by atoms with Crippen molar-refractivity contribution in [3.8, 4) is 0 Å². The van der Waals surface area contributed by atoms with Crippen molar-refractivity contribution in [1.82, 2.24) is 4.98 Å². The highest BCUT2D eigenvalue weighted by molar-refractivity contribution is 9.10. The van der Waals surface area contributed by atoms with Gasteiger partial charge in [-0.1, -0.05) is 15.9 Å². The van der Waals surface area contributed by atoms with Crippen molar-refractivity contribution >= 4 is 33.5 Å². The maximum absolute atomic E-state index is 12.7. The highest BCUT2D eigenvalue weighted by Crippen LogP contribution is 2.22. The first-order chi connectivity index (χ1) is 9.47. The predicted molar refractivity (Wildman–Crippen MR) is 73.2 cm³/mol. The van der Waals surface area contributed by atoms with Crippen LogP contribution in [0.1, 0.15) is 20.8 Å². The molecule has 0 atom stereocenters. The number of nitrogens with zero attached hydrogens (tertiary/aromatic N) is 1. The fraction of sp³-hybridized carbons (Fsp3) is 0. The summed E-state index contributed by atoms with van der Waals surface area (Å²) in [5.74, 6) is -2.35. The van der Waals surface area contributed by atoms with Gasteiger partial charge in [0.1, 0.15) is 11.5 Å². The second kappa shape index (κ2) is 5.79. The molecule has 0 unspecified atom stereocenters. The van der Waals surface area contributed by atoms with Crippen molar-refractivity contribution in [2.24, 2.45) is 0 Å². The number of benzene rings is 1. The summed E-state index contributed by atoms with van der Waals surface area (Å²) in [6, 6.07) is 6.68. The Morgan fingerprint density at radius 3 is 2.60 bits per heavy atom. The van der Waals surface area contributed by atoms with E-state index in [4.69, 9.17) is 5.11 Å². The lowest BCUT2D eigenvalue weighted by Gasteiger charge is -2.08. The van der Waals surface area contributed by atoms with Crippen LogP contribution >= 0.6 is 15.9 Å². The van der Waals surface area contributed by atoms with E-state index in [2.05, 4.69) is 26.2 Å². The molecule has 7 heteroatoms. The third kappa shape index (κ3) is 3.18. The molecule has 1 aromatic heterocycles. The molecule has 0 saturated carbocycles. The van der Waals surface area contributed by atoms with E-state index in [1.807, 2.05) is 0 Å². The number of hydrogen-bond donors (Lipinski definition) is 2. The molecule has 0 aliphatic rings. The van der Waals surface area contributed by atoms with Gasteiger partial charge in [0.25, 0.3) is 5.91 Å². The average Bonchev–Trinajstić information content (AvgIpc) is 2.39. The number of carboxylic acids is 1. The molecule has 0 fully saturated rings. The number of carbonyl (C=O) groups excluding carboxylic acids is 1. The van der Waals surface area contributed by atoms with Crippen LogP contribution < -0.4 is 5.32 Å². The number of pyridine rings is 1. The summed E-state index contributed by atoms with van der Waals surface area (Å²) in [6.07, 6.45) is 0.911. The van der Waals surface area contributed by atoms with Crippen molar-refractivity contribution in [2.75, 3.05) is 5.32 Å². The van der Waals surface area contributed by atoms with E-state index in [-0.39, 0.29) is 16.9 Å². The van der Waals surface area contributed by atoms with Gasteiger partial charge in [-0.05, 0) is 30.3 Å². The number of anilines is 1. The average molecular weight is 339 g/mol. The van der Waals surface area contributed by atoms with Crippen LogP contribution in [-0.4, -0.2) is 22.0 Å². The quantitative estimate of drug-likeness (QED) is 0.901. The SMILES string of the molecule is O=C(Nc1cc(Br)ccc1C(=O)O)c1ccc(F)cn1. The first-order valence-electron chi connectivity index (χ1n) is 5.43. The van der Waals surface area contributed by atoms with Gasteiger partial charge in [-0.3, -0.25) is 4.79 Å². The maximum atomic E-state index is 12.7. The van der Waals surface area contributed by atoms with E-state index in [0.29, 0.717) is 4.47 Å². The van der Waals surface area contributed by atoms with Gasteiger partial charge in [-0.25, -0.2) is 14.2 Å². The van der Waals surface area contributed by atoms with Crippen molar-refractivity contribution in [3.05, 3.63) is 58.1 Å². The van der Waals surface area contributed by atoms with Crippen LogP contribution in [0.25, 0.3) is 0 Å². The molecule has 1 aromatic carbocycles. The Labute approximate surface area is 121 Å². The van der Waals surface area contributed by atoms with E-state index in [9.17, 15) is 14.0 Å². The molecule has 5 nitrogen and oxygen atoms in total. The second-order valence-corrected chi connectivity index (χ2v) is 4.73. The molecule has 0 spiro atoms. The van der Waals surface area contributed by atoms with Crippen LogP contribution in [0.15, 0.2) is 41.0 Å². The summed E-state index contributed by atoms with van der Waals surface area (Å²) < 4.78 is 13.3. The molecule has 2 rings (SSSR count). The Hall–Kier alpha value is -2.28. The number of nitrogens with one attached hydrogen (secondary N) is 1. The molecule has 1 amide bonds. The lowest BCUT2D eigenvalue weighted by molar-refractivity contribution is 0.0698. The van der Waals surface area contributed by atoms with E-state index in [1.54, 1.807) is 6.07 Å². The van der Waals surface area contributed by atoms with Crippen molar-refractivity contribution in [1.29, 1.82) is 0 Å². The van der Waals surface area contributed by atoms with Gasteiger partial charge in [0, 0.05) is 4.47 Å². The van der Waals surface area contributed by atoms with Crippen LogP contribution in [0.3, 0.4) is 0 Å². The van der Waals surface area contributed by atoms with Gasteiger partial charge in [0.2, 0.25) is 0 Å². The van der Waals surface area contributed by atoms with Crippen LogP contribution in [0.4, 0.5) is 10.1 Å². The lowest BCUT2D eigenvalue weighted by atomic mass is 10.1. The maximum Gasteiger partial charge on any atom is 0.337 e. The standard InChI is InChI=1S/C13H8BrFN2O3/c14-7-1-3-9(13(19)20)11(5-7)17-12(18)10-4-2-8(15)6-16-10/h1-6H,(H,17,18)(H,19,20). The second-order valence-electron chi connectivity index (χ2n) is 3.81. The predicted octanol–water partition coefficient (Wildman–Crippen LogP) is 2.93. The summed E-state index contributed by atoms with van der Waals surface area (Å²) in [6.45, 7) is 0. The highest BCUT2D eigenvalue weighted by Gasteiger charge is 2.14. The summed E-state index contributed by atoms with van der Waals surface area (Å²) >= 11 is 3.19. The number of aromatic carboxylic acids is 1. The van der Waals surface area contributed by atoms with Gasteiger partial charge in [-0.2, -0.15) is 0 Å². The van der Waals surface area contributed by atoms with Crippen LogP contribution in [0.2, 0.25) is 0 Å². The third-order valence-corrected chi connectivity index (χ3v) is 2.91. The van der Waals surface area contributed by atoms with E-state index >= 15 is 0 Å². The molecule has 2 aromatic rings. The Morgan fingerprint density at radius 1 is 1.25 bits per heavy atom. The molecule has 0 radical (unpaired) electrons. The lowest BCUT2D eigenvalue weighted by Crippen LogP contribution is -2.16. The van der Waals surface area contributed by atoms with Crippen molar-refractivity contribution in [2.45, 2.75) is 0 Å². The highest BCUT2D eigenvalue weighted by atomic mass is 79.9. The third-order valence-electron chi connectivity index (χ3n) is 2.42. The number of rotatable bonds is 3. The van der Waals surface area contributed by atoms with Crippen LogP contribution in [-0.2, 0) is 0 Å². The van der Waals surface area contributed by atoms with Crippen LogP contribution in [0.5, 0.6) is 0 Å². The number of hydrogen-bond acceptors (Lipinski definition) is 3. The van der Waals surface area contributed by atoms with Gasteiger partial charge >= 0.3 is 5.97 Å². The number of amides is 1. The minimum atomic E-state index is -1.17. The Kier molecular flexibility index (Phi) is 4.09. The molecule has 102 valence electrons. The molecule has 0 aliphatic heterocycles. The minimum absolute atomic E-state index is 0.0114. The summed E-state index contributed by atoms with van der Waals surface area (Å²) in [7, 11) is 0. The number of carboxylic acid groups (broad SMARTS) is 1. The van der Waals surface area contributed by atoms with Gasteiger partial charge in [-0.15, -0.1) is 0 Å². The molecule has 0 aliphatic carbocycles. The fourth-order valence-electron chi connectivity index (χ4n) is 1.50. The molecule has 20 heavy (non-hydrogen) atoms. The smallest absolute Gasteiger partial charge is 0.337 e. The summed E-state index contributed by atoms with van der Waals surface area (Å²) in [5.41, 5.74) is 0.0642. The van der Waals surface area contributed by atoms with E-state index < -0.39 is 17.7 Å². The fourth-order valence-corrected chi connectivity index (χ4v) is 1.86. The summed E-state index contributed by atoms with van der Waals surface area (Å²) in [4.78, 5) is 26.6. The number of halogens is 2. The van der Waals surface area contributed by atoms with Gasteiger partial charge in [0.05, 0.1) is 17.4 Å². The minimum Gasteiger partial charge on any atom is -0.478 e. The van der Waals surface area contributed by atoms with Crippen LogP contribution in [0, 0.1) is 5.82 Å². The molecule has 1 heterocycles. The molecule has 2 N–H and O–H groups in total. The Morgan fingerprint density at radius 2 is 2.00 bits per heavy atom.